The summed E-state index contributed by atoms with van der Waals surface area (Å²) in [5, 5.41) is 27.9. The number of carbonyl (C=O) groups excluding carboxylic acids is 4. The van der Waals surface area contributed by atoms with Gasteiger partial charge in [0.25, 0.3) is 0 Å². The second-order valence-corrected chi connectivity index (χ2v) is 11.6. The van der Waals surface area contributed by atoms with Crippen molar-refractivity contribution in [3.63, 3.8) is 0 Å². The molecule has 2 saturated heterocycles. The van der Waals surface area contributed by atoms with Gasteiger partial charge in [-0.05, 0) is 43.9 Å². The Kier molecular flexibility index (Phi) is 10.2. The molecule has 0 aromatic heterocycles. The van der Waals surface area contributed by atoms with Crippen LogP contribution in [0.1, 0.15) is 51.5 Å². The van der Waals surface area contributed by atoms with E-state index in [1.54, 1.807) is 6.92 Å². The Morgan fingerprint density at radius 2 is 1.66 bits per heavy atom. The van der Waals surface area contributed by atoms with Gasteiger partial charge < -0.3 is 35.6 Å². The molecule has 2 heterocycles. The normalized spacial score (nSPS) is 23.3. The summed E-state index contributed by atoms with van der Waals surface area (Å²) < 4.78 is 10.7. The van der Waals surface area contributed by atoms with E-state index in [1.807, 2.05) is 4.90 Å². The lowest BCUT2D eigenvalue weighted by atomic mass is 9.90. The summed E-state index contributed by atoms with van der Waals surface area (Å²) in [7, 11) is 0. The molecule has 3 amide bonds. The molecule has 1 saturated carbocycles. The van der Waals surface area contributed by atoms with Crippen molar-refractivity contribution in [2.45, 2.75) is 76.1 Å². The number of nitrogens with one attached hydrogen (secondary N) is 3. The molecule has 12 nitrogen and oxygen atoms in total. The Bertz CT molecular complexity index is 1110. The Morgan fingerprint density at radius 3 is 2.29 bits per heavy atom. The third kappa shape index (κ3) is 8.64. The lowest BCUT2D eigenvalue weighted by molar-refractivity contribution is -0.134. The molecule has 3 aliphatic rings. The van der Waals surface area contributed by atoms with E-state index in [9.17, 15) is 29.4 Å². The summed E-state index contributed by atoms with van der Waals surface area (Å²) in [6, 6.07) is 1.34. The highest BCUT2D eigenvalue weighted by Crippen LogP contribution is 2.33. The summed E-state index contributed by atoms with van der Waals surface area (Å²) in [6.45, 7) is 6.02. The Hall–Kier alpha value is -3.22. The number of hydrogen-bond donors (Lipinski definition) is 5. The fourth-order valence-corrected chi connectivity index (χ4v) is 5.46. The number of Topliss-reactive ketones (excluding diaryl/α,β-unsaturated/α-hetero) is 1. The zero-order chi connectivity index (χ0) is 29.6. The molecule has 0 unspecified atom stereocenters. The molecule has 2 aliphatic heterocycles. The number of amides is 3. The number of phenolic OH excluding ortho intramolecular Hbond substituents is 2. The average Bonchev–Trinajstić information content (AvgIpc) is 3.48. The number of ether oxygens (including phenoxy) is 2. The smallest absolute Gasteiger partial charge is 0.243 e. The highest BCUT2D eigenvalue weighted by molar-refractivity contribution is 5.98. The van der Waals surface area contributed by atoms with Crippen LogP contribution in [0, 0.1) is 5.92 Å². The average molecular weight is 575 g/mol. The molecule has 1 aromatic rings. The van der Waals surface area contributed by atoms with Crippen molar-refractivity contribution >= 4 is 23.5 Å². The van der Waals surface area contributed by atoms with Crippen LogP contribution in [0.25, 0.3) is 0 Å². The maximum absolute atomic E-state index is 13.6. The molecule has 226 valence electrons. The van der Waals surface area contributed by atoms with Crippen LogP contribution in [0.15, 0.2) is 18.2 Å². The zero-order valence-corrected chi connectivity index (χ0v) is 23.8. The lowest BCUT2D eigenvalue weighted by Gasteiger charge is -2.27. The molecule has 41 heavy (non-hydrogen) atoms. The summed E-state index contributed by atoms with van der Waals surface area (Å²) in [5.74, 6) is -1.98. The number of hydrogen-bond acceptors (Lipinski definition) is 9. The number of phenols is 2. The highest BCUT2D eigenvalue weighted by atomic mass is 16.6. The van der Waals surface area contributed by atoms with Gasteiger partial charge in [-0.2, -0.15) is 0 Å². The first kappa shape index (κ1) is 30.7. The predicted octanol–water partition coefficient (Wildman–Crippen LogP) is 0.385. The molecule has 0 radical (unpaired) electrons. The van der Waals surface area contributed by atoms with E-state index in [4.69, 9.17) is 9.47 Å². The van der Waals surface area contributed by atoms with Gasteiger partial charge >= 0.3 is 0 Å². The summed E-state index contributed by atoms with van der Waals surface area (Å²) in [6.07, 6.45) is 4.64. The Labute approximate surface area is 240 Å². The number of epoxide rings is 1. The number of morpholine rings is 1. The van der Waals surface area contributed by atoms with Gasteiger partial charge in [-0.1, -0.05) is 31.7 Å². The van der Waals surface area contributed by atoms with Gasteiger partial charge in [0.15, 0.2) is 17.3 Å². The van der Waals surface area contributed by atoms with E-state index >= 15 is 0 Å². The minimum Gasteiger partial charge on any atom is -0.504 e. The topological polar surface area (TPSA) is 170 Å². The Morgan fingerprint density at radius 1 is 1.00 bits per heavy atom. The predicted molar refractivity (Wildman–Crippen MR) is 148 cm³/mol. The Balaban J connectivity index is 1.44. The first-order chi connectivity index (χ1) is 19.5. The minimum absolute atomic E-state index is 0.0159. The van der Waals surface area contributed by atoms with Gasteiger partial charge in [-0.25, -0.2) is 0 Å². The quantitative estimate of drug-likeness (QED) is 0.165. The van der Waals surface area contributed by atoms with Crippen molar-refractivity contribution < 1.29 is 38.9 Å². The molecule has 5 N–H and O–H groups in total. The van der Waals surface area contributed by atoms with Crippen LogP contribution in [0.3, 0.4) is 0 Å². The van der Waals surface area contributed by atoms with Crippen LogP contribution < -0.4 is 16.0 Å². The largest absolute Gasteiger partial charge is 0.504 e. The first-order valence-corrected chi connectivity index (χ1v) is 14.4. The minimum atomic E-state index is -1.11. The van der Waals surface area contributed by atoms with Crippen LogP contribution in [-0.4, -0.2) is 102 Å². The van der Waals surface area contributed by atoms with Crippen molar-refractivity contribution in [1.82, 2.24) is 20.9 Å². The standard InChI is InChI=1S/C29H42N4O8/c1-18(30-25(36)16-33-9-11-40-12-10-33)27(38)32-22(14-20-7-8-23(34)24(35)15-20)28(39)31-21(13-19-5-3-4-6-19)26(37)29(2)17-41-29/h7-8,15,18-19,21-22,34-35H,3-6,9-14,16-17H2,1-2H3,(H,30,36)(H,31,39)(H,32,38)/t18-,21-,22-,29+/m0/s1. The van der Waals surface area contributed by atoms with Gasteiger partial charge in [0.2, 0.25) is 17.7 Å². The second kappa shape index (κ2) is 13.6. The van der Waals surface area contributed by atoms with E-state index in [2.05, 4.69) is 16.0 Å². The summed E-state index contributed by atoms with van der Waals surface area (Å²) in [4.78, 5) is 54.5. The van der Waals surface area contributed by atoms with E-state index in [0.717, 1.165) is 25.7 Å². The van der Waals surface area contributed by atoms with Gasteiger partial charge in [0.1, 0.15) is 17.7 Å². The van der Waals surface area contributed by atoms with Crippen LogP contribution in [0.4, 0.5) is 0 Å². The van der Waals surface area contributed by atoms with Crippen molar-refractivity contribution in [3.05, 3.63) is 23.8 Å². The monoisotopic (exact) mass is 574 g/mol. The van der Waals surface area contributed by atoms with Gasteiger partial charge in [-0.15, -0.1) is 0 Å². The summed E-state index contributed by atoms with van der Waals surface area (Å²) in [5.41, 5.74) is -0.432. The van der Waals surface area contributed by atoms with Crippen molar-refractivity contribution in [2.75, 3.05) is 39.5 Å². The van der Waals surface area contributed by atoms with E-state index in [0.29, 0.717) is 50.8 Å². The van der Waals surface area contributed by atoms with Crippen LogP contribution >= 0.6 is 0 Å². The maximum Gasteiger partial charge on any atom is 0.243 e. The van der Waals surface area contributed by atoms with Crippen LogP contribution in [0.2, 0.25) is 0 Å². The number of ketones is 1. The number of carbonyl (C=O) groups is 4. The van der Waals surface area contributed by atoms with E-state index in [-0.39, 0.29) is 36.2 Å². The maximum atomic E-state index is 13.6. The number of rotatable bonds is 13. The van der Waals surface area contributed by atoms with Gasteiger partial charge in [0.05, 0.1) is 32.4 Å². The van der Waals surface area contributed by atoms with E-state index < -0.39 is 35.5 Å². The molecule has 0 bridgehead atoms. The molecule has 4 atom stereocenters. The van der Waals surface area contributed by atoms with Crippen molar-refractivity contribution in [3.8, 4) is 11.5 Å². The lowest BCUT2D eigenvalue weighted by Crippen LogP contribution is -2.57. The summed E-state index contributed by atoms with van der Waals surface area (Å²) >= 11 is 0. The van der Waals surface area contributed by atoms with E-state index in [1.165, 1.54) is 25.1 Å². The molecule has 0 spiro atoms. The molecule has 4 rings (SSSR count). The molecular weight excluding hydrogens is 532 g/mol. The fraction of sp³-hybridized carbons (Fsp3) is 0.655. The third-order valence-electron chi connectivity index (χ3n) is 8.13. The number of benzene rings is 1. The molecule has 12 heteroatoms. The molecule has 1 aliphatic carbocycles. The van der Waals surface area contributed by atoms with Gasteiger partial charge in [-0.3, -0.25) is 24.1 Å². The molecular formula is C29H42N4O8. The molecule has 3 fully saturated rings. The van der Waals surface area contributed by atoms with Crippen molar-refractivity contribution in [2.24, 2.45) is 5.92 Å². The second-order valence-electron chi connectivity index (χ2n) is 11.6. The SMILES string of the molecule is C[C@H](NC(=O)CN1CCOCC1)C(=O)N[C@@H](Cc1ccc(O)c(O)c1)C(=O)N[C@@H](CC1CCCC1)C(=O)[C@@]1(C)CO1. The van der Waals surface area contributed by atoms with Gasteiger partial charge in [0, 0.05) is 19.5 Å². The number of nitrogens with zero attached hydrogens (tertiary/aromatic N) is 1. The highest BCUT2D eigenvalue weighted by Gasteiger charge is 2.50. The van der Waals surface area contributed by atoms with Crippen LogP contribution in [-0.2, 0) is 35.1 Å². The fourth-order valence-electron chi connectivity index (χ4n) is 5.46. The zero-order valence-electron chi connectivity index (χ0n) is 23.8. The number of aromatic hydroxyl groups is 2. The molecule has 1 aromatic carbocycles. The third-order valence-corrected chi connectivity index (χ3v) is 8.13. The van der Waals surface area contributed by atoms with Crippen LogP contribution in [0.5, 0.6) is 11.5 Å². The first-order valence-electron chi connectivity index (χ1n) is 14.4. The van der Waals surface area contributed by atoms with Crippen molar-refractivity contribution in [1.29, 1.82) is 0 Å².